The van der Waals surface area contributed by atoms with Gasteiger partial charge in [0, 0.05) is 4.88 Å². The van der Waals surface area contributed by atoms with E-state index in [1.165, 1.54) is 0 Å². The largest absolute Gasteiger partial charge is 0.462 e. The summed E-state index contributed by atoms with van der Waals surface area (Å²) in [4.78, 5) is 26.0. The Hall–Kier alpha value is -2.71. The first-order valence-corrected chi connectivity index (χ1v) is 12.3. The Morgan fingerprint density at radius 3 is 2.70 bits per heavy atom. The molecule has 8 heteroatoms. The molecule has 0 bridgehead atoms. The Labute approximate surface area is 178 Å². The Bertz CT molecular complexity index is 1240. The van der Waals surface area contributed by atoms with E-state index in [9.17, 15) is 18.0 Å². The quantitative estimate of drug-likeness (QED) is 0.607. The van der Waals surface area contributed by atoms with Crippen LogP contribution in [-0.4, -0.2) is 32.7 Å². The molecule has 0 unspecified atom stereocenters. The lowest BCUT2D eigenvalue weighted by atomic mass is 10.0. The second-order valence-electron chi connectivity index (χ2n) is 7.13. The SMILES string of the molecule is CCOC(=O)c1c(NC(=O)Cc2cccc3ccccc23)sc2c1CCS(=O)(=O)C2. The van der Waals surface area contributed by atoms with Gasteiger partial charge in [0.05, 0.1) is 30.1 Å². The number of ether oxygens (including phenoxy) is 1. The summed E-state index contributed by atoms with van der Waals surface area (Å²) < 4.78 is 29.2. The molecule has 1 aliphatic rings. The van der Waals surface area contributed by atoms with Gasteiger partial charge < -0.3 is 10.1 Å². The predicted octanol–water partition coefficient (Wildman–Crippen LogP) is 3.73. The summed E-state index contributed by atoms with van der Waals surface area (Å²) in [7, 11) is -3.19. The number of sulfone groups is 1. The Morgan fingerprint density at radius 1 is 1.13 bits per heavy atom. The predicted molar refractivity (Wildman–Crippen MR) is 118 cm³/mol. The minimum absolute atomic E-state index is 0.00741. The first-order chi connectivity index (χ1) is 14.4. The van der Waals surface area contributed by atoms with Crippen LogP contribution in [0.3, 0.4) is 0 Å². The fourth-order valence-electron chi connectivity index (χ4n) is 3.72. The summed E-state index contributed by atoms with van der Waals surface area (Å²) in [6.45, 7) is 1.91. The van der Waals surface area contributed by atoms with Crippen molar-refractivity contribution in [1.29, 1.82) is 0 Å². The second kappa shape index (κ2) is 8.20. The number of esters is 1. The lowest BCUT2D eigenvalue weighted by Gasteiger charge is -2.13. The zero-order chi connectivity index (χ0) is 21.3. The molecule has 0 spiro atoms. The molecule has 2 aromatic carbocycles. The molecular weight excluding hydrogens is 422 g/mol. The maximum Gasteiger partial charge on any atom is 0.341 e. The summed E-state index contributed by atoms with van der Waals surface area (Å²) in [5.74, 6) is -0.918. The fraction of sp³-hybridized carbons (Fsp3) is 0.273. The molecule has 2 heterocycles. The first-order valence-electron chi connectivity index (χ1n) is 9.66. The molecule has 0 aliphatic carbocycles. The molecule has 30 heavy (non-hydrogen) atoms. The van der Waals surface area contributed by atoms with Crippen molar-refractivity contribution in [3.05, 3.63) is 64.0 Å². The highest BCUT2D eigenvalue weighted by atomic mass is 32.2. The van der Waals surface area contributed by atoms with Crippen molar-refractivity contribution in [3.63, 3.8) is 0 Å². The molecule has 1 N–H and O–H groups in total. The van der Waals surface area contributed by atoms with Gasteiger partial charge in [0.1, 0.15) is 5.00 Å². The number of thiophene rings is 1. The van der Waals surface area contributed by atoms with E-state index >= 15 is 0 Å². The minimum Gasteiger partial charge on any atom is -0.462 e. The molecule has 0 saturated heterocycles. The van der Waals surface area contributed by atoms with Crippen LogP contribution in [0.15, 0.2) is 42.5 Å². The van der Waals surface area contributed by atoms with Crippen molar-refractivity contribution in [3.8, 4) is 0 Å². The van der Waals surface area contributed by atoms with Crippen LogP contribution in [0, 0.1) is 0 Å². The zero-order valence-corrected chi connectivity index (χ0v) is 18.1. The van der Waals surface area contributed by atoms with Crippen LogP contribution in [0.4, 0.5) is 5.00 Å². The topological polar surface area (TPSA) is 89.5 Å². The van der Waals surface area contributed by atoms with Gasteiger partial charge in [-0.3, -0.25) is 4.79 Å². The van der Waals surface area contributed by atoms with Crippen LogP contribution in [0.25, 0.3) is 10.8 Å². The molecule has 1 aromatic heterocycles. The third kappa shape index (κ3) is 4.11. The van der Waals surface area contributed by atoms with Crippen LogP contribution in [0.5, 0.6) is 0 Å². The van der Waals surface area contributed by atoms with Gasteiger partial charge in [-0.2, -0.15) is 0 Å². The Kier molecular flexibility index (Phi) is 5.62. The lowest BCUT2D eigenvalue weighted by molar-refractivity contribution is -0.115. The van der Waals surface area contributed by atoms with Crippen molar-refractivity contribution in [1.82, 2.24) is 0 Å². The van der Waals surface area contributed by atoms with E-state index in [0.29, 0.717) is 15.4 Å². The second-order valence-corrected chi connectivity index (χ2v) is 10.4. The van der Waals surface area contributed by atoms with Crippen molar-refractivity contribution in [2.24, 2.45) is 0 Å². The normalized spacial score (nSPS) is 14.8. The minimum atomic E-state index is -3.19. The lowest BCUT2D eigenvalue weighted by Crippen LogP contribution is -2.20. The van der Waals surface area contributed by atoms with Crippen molar-refractivity contribution in [2.75, 3.05) is 17.7 Å². The highest BCUT2D eigenvalue weighted by Crippen LogP contribution is 2.38. The van der Waals surface area contributed by atoms with Gasteiger partial charge in [0.25, 0.3) is 0 Å². The average molecular weight is 444 g/mol. The van der Waals surface area contributed by atoms with Crippen molar-refractivity contribution < 1.29 is 22.7 Å². The first kappa shape index (κ1) is 20.6. The van der Waals surface area contributed by atoms with E-state index in [2.05, 4.69) is 5.32 Å². The van der Waals surface area contributed by atoms with E-state index < -0.39 is 15.8 Å². The smallest absolute Gasteiger partial charge is 0.341 e. The summed E-state index contributed by atoms with van der Waals surface area (Å²) >= 11 is 1.15. The van der Waals surface area contributed by atoms with Gasteiger partial charge >= 0.3 is 5.97 Å². The highest BCUT2D eigenvalue weighted by molar-refractivity contribution is 7.90. The third-order valence-corrected chi connectivity index (χ3v) is 7.95. The molecule has 0 atom stereocenters. The molecule has 3 aromatic rings. The molecule has 1 aliphatic heterocycles. The van der Waals surface area contributed by atoms with Gasteiger partial charge in [0.15, 0.2) is 9.84 Å². The number of rotatable bonds is 5. The third-order valence-electron chi connectivity index (χ3n) is 5.07. The number of anilines is 1. The molecule has 4 rings (SSSR count). The van der Waals surface area contributed by atoms with Gasteiger partial charge in [-0.05, 0) is 35.2 Å². The number of fused-ring (bicyclic) bond motifs is 2. The number of hydrogen-bond acceptors (Lipinski definition) is 6. The van der Waals surface area contributed by atoms with Gasteiger partial charge in [-0.25, -0.2) is 13.2 Å². The maximum absolute atomic E-state index is 12.8. The summed E-state index contributed by atoms with van der Waals surface area (Å²) in [6, 6.07) is 13.6. The van der Waals surface area contributed by atoms with E-state index in [1.54, 1.807) is 6.92 Å². The number of amides is 1. The van der Waals surface area contributed by atoms with Crippen LogP contribution < -0.4 is 5.32 Å². The van der Waals surface area contributed by atoms with Gasteiger partial charge in [-0.15, -0.1) is 11.3 Å². The van der Waals surface area contributed by atoms with Gasteiger partial charge in [-0.1, -0.05) is 42.5 Å². The van der Waals surface area contributed by atoms with Crippen LogP contribution >= 0.6 is 11.3 Å². The maximum atomic E-state index is 12.8. The molecule has 0 radical (unpaired) electrons. The van der Waals surface area contributed by atoms with Crippen LogP contribution in [-0.2, 0) is 38.0 Å². The fourth-order valence-corrected chi connectivity index (χ4v) is 6.78. The van der Waals surface area contributed by atoms with E-state index in [-0.39, 0.29) is 42.4 Å². The highest BCUT2D eigenvalue weighted by Gasteiger charge is 2.32. The molecule has 6 nitrogen and oxygen atoms in total. The summed E-state index contributed by atoms with van der Waals surface area (Å²) in [5.41, 5.74) is 1.85. The molecule has 0 saturated carbocycles. The van der Waals surface area contributed by atoms with Gasteiger partial charge in [0.2, 0.25) is 5.91 Å². The Morgan fingerprint density at radius 2 is 1.90 bits per heavy atom. The number of carbonyl (C=O) groups is 2. The monoisotopic (exact) mass is 443 g/mol. The van der Waals surface area contributed by atoms with Crippen LogP contribution in [0.1, 0.15) is 33.3 Å². The van der Waals surface area contributed by atoms with Crippen LogP contribution in [0.2, 0.25) is 0 Å². The number of benzene rings is 2. The molecule has 1 amide bonds. The molecule has 156 valence electrons. The van der Waals surface area contributed by atoms with Crippen molar-refractivity contribution in [2.45, 2.75) is 25.5 Å². The van der Waals surface area contributed by atoms with E-state index in [1.807, 2.05) is 42.5 Å². The number of nitrogens with one attached hydrogen (secondary N) is 1. The van der Waals surface area contributed by atoms with Crippen molar-refractivity contribution >= 4 is 48.8 Å². The average Bonchev–Trinajstić information content (AvgIpc) is 3.04. The molecule has 0 fully saturated rings. The van der Waals surface area contributed by atoms with E-state index in [0.717, 1.165) is 27.7 Å². The summed E-state index contributed by atoms with van der Waals surface area (Å²) in [5, 5.41) is 5.24. The summed E-state index contributed by atoms with van der Waals surface area (Å²) in [6.07, 6.45) is 0.395. The Balaban J connectivity index is 1.64. The zero-order valence-electron chi connectivity index (χ0n) is 16.4. The van der Waals surface area contributed by atoms with E-state index in [4.69, 9.17) is 4.74 Å². The number of carbonyl (C=O) groups excluding carboxylic acids is 2. The molecular formula is C22H21NO5S2. The number of hydrogen-bond donors (Lipinski definition) is 1. The standard InChI is InChI=1S/C22H21NO5S2/c1-2-28-22(25)20-17-10-11-30(26,27)13-18(17)29-21(20)23-19(24)12-15-8-5-7-14-6-3-4-9-16(14)15/h3-9H,2,10-13H2,1H3,(H,23,24).